The number of rotatable bonds is 1. The summed E-state index contributed by atoms with van der Waals surface area (Å²) in [6.07, 6.45) is 0. The summed E-state index contributed by atoms with van der Waals surface area (Å²) in [5, 5.41) is 3.36. The maximum absolute atomic E-state index is 10.7. The highest BCUT2D eigenvalue weighted by molar-refractivity contribution is 6.43. The van der Waals surface area contributed by atoms with E-state index in [1.807, 2.05) is 0 Å². The molecule has 1 rings (SSSR count). The van der Waals surface area contributed by atoms with Crippen LogP contribution in [0.5, 0.6) is 0 Å². The first-order valence-corrected chi connectivity index (χ1v) is 4.08. The molecule has 0 spiro atoms. The molecule has 64 valence electrons. The van der Waals surface area contributed by atoms with Crippen LogP contribution in [0.15, 0.2) is 18.2 Å². The van der Waals surface area contributed by atoms with Crippen LogP contribution in [0.4, 0.5) is 5.69 Å². The minimum atomic E-state index is -0.167. The average molecular weight is 216 g/mol. The highest BCUT2D eigenvalue weighted by Crippen LogP contribution is 2.29. The summed E-state index contributed by atoms with van der Waals surface area (Å²) < 4.78 is 0. The van der Waals surface area contributed by atoms with E-state index in [9.17, 15) is 4.79 Å². The van der Waals surface area contributed by atoms with E-state index in [0.29, 0.717) is 15.7 Å². The Labute approximate surface area is 80.5 Å². The number of amides is 1. The SMILES string of the molecule is CC(=O)N[14c]1[14cH][14cH][14cH][14c](Cl)[14c]1Cl. The normalized spacial score (nSPS) is 9.58. The highest BCUT2D eigenvalue weighted by atomic mass is 35.5. The van der Waals surface area contributed by atoms with Crippen LogP contribution in [0.3, 0.4) is 0 Å². The summed E-state index contributed by atoms with van der Waals surface area (Å²) in [6, 6.07) is 5.07. The molecule has 0 aliphatic rings. The molecular weight excluding hydrogens is 209 g/mol. The second kappa shape index (κ2) is 3.78. The van der Waals surface area contributed by atoms with Crippen LogP contribution in [0.25, 0.3) is 0 Å². The number of benzene rings is 1. The first kappa shape index (κ1) is 9.36. The van der Waals surface area contributed by atoms with Gasteiger partial charge >= 0.3 is 0 Å². The molecule has 0 fully saturated rings. The van der Waals surface area contributed by atoms with Crippen molar-refractivity contribution in [2.45, 2.75) is 6.92 Å². The second-order valence-electron chi connectivity index (χ2n) is 2.28. The molecule has 1 aromatic carbocycles. The molecule has 0 unspecified atom stereocenters. The van der Waals surface area contributed by atoms with Gasteiger partial charge in [0, 0.05) is 6.92 Å². The van der Waals surface area contributed by atoms with Crippen molar-refractivity contribution >= 4 is 34.8 Å². The third-order valence-electron chi connectivity index (χ3n) is 1.26. The Morgan fingerprint density at radius 3 is 2.67 bits per heavy atom. The maximum Gasteiger partial charge on any atom is 0.221 e. The largest absolute Gasteiger partial charge is 0.325 e. The molecule has 2 nitrogen and oxygen atoms in total. The van der Waals surface area contributed by atoms with Crippen molar-refractivity contribution in [3.63, 3.8) is 0 Å². The Morgan fingerprint density at radius 1 is 1.42 bits per heavy atom. The minimum absolute atomic E-state index is 0.167. The second-order valence-corrected chi connectivity index (χ2v) is 3.07. The lowest BCUT2D eigenvalue weighted by Gasteiger charge is -2.04. The molecule has 0 aromatic heterocycles. The van der Waals surface area contributed by atoms with E-state index in [-0.39, 0.29) is 5.91 Å². The van der Waals surface area contributed by atoms with Crippen LogP contribution in [0, 0.1) is 0 Å². The molecule has 12 heavy (non-hydrogen) atoms. The first-order valence-electron chi connectivity index (χ1n) is 3.33. The third kappa shape index (κ3) is 2.13. The smallest absolute Gasteiger partial charge is 0.221 e. The average Bonchev–Trinajstić information content (AvgIpc) is 1.98. The van der Waals surface area contributed by atoms with Gasteiger partial charge in [0.05, 0.1) is 15.7 Å². The zero-order valence-electron chi connectivity index (χ0n) is 6.40. The first-order chi connectivity index (χ1) is 5.61. The van der Waals surface area contributed by atoms with E-state index in [4.69, 9.17) is 23.2 Å². The molecule has 1 N–H and O–H groups in total. The summed E-state index contributed by atoms with van der Waals surface area (Å²) in [7, 11) is 0. The Balaban J connectivity index is 3.00. The van der Waals surface area contributed by atoms with Gasteiger partial charge in [-0.15, -0.1) is 0 Å². The van der Waals surface area contributed by atoms with Gasteiger partial charge in [-0.1, -0.05) is 29.3 Å². The summed E-state index contributed by atoms with van der Waals surface area (Å²) in [5.41, 5.74) is 0.539. The van der Waals surface area contributed by atoms with Gasteiger partial charge < -0.3 is 5.32 Å². The van der Waals surface area contributed by atoms with E-state index in [1.165, 1.54) is 6.92 Å². The number of anilines is 1. The molecule has 1 amide bonds. The van der Waals surface area contributed by atoms with Crippen LogP contribution in [0.2, 0.25) is 10.0 Å². The monoisotopic (exact) mass is 215 g/mol. The Kier molecular flexibility index (Phi) is 2.95. The number of hydrogen-bond donors (Lipinski definition) is 1. The molecule has 0 aliphatic carbocycles. The van der Waals surface area contributed by atoms with Crippen molar-refractivity contribution in [2.24, 2.45) is 0 Å². The van der Waals surface area contributed by atoms with Gasteiger partial charge in [-0.3, -0.25) is 4.79 Å². The van der Waals surface area contributed by atoms with Crippen LogP contribution in [-0.2, 0) is 4.79 Å². The number of nitrogens with one attached hydrogen (secondary N) is 1. The van der Waals surface area contributed by atoms with Crippen molar-refractivity contribution in [3.8, 4) is 0 Å². The van der Waals surface area contributed by atoms with Crippen molar-refractivity contribution in [3.05, 3.63) is 28.2 Å². The van der Waals surface area contributed by atoms with E-state index >= 15 is 0 Å². The topological polar surface area (TPSA) is 29.1 Å². The molecule has 0 saturated heterocycles. The zero-order chi connectivity index (χ0) is 9.14. The summed E-state index contributed by atoms with van der Waals surface area (Å²) in [4.78, 5) is 10.7. The number of halogens is 2. The highest BCUT2D eigenvalue weighted by Gasteiger charge is 2.04. The lowest BCUT2D eigenvalue weighted by molar-refractivity contribution is -0.114. The Morgan fingerprint density at radius 2 is 2.08 bits per heavy atom. The maximum atomic E-state index is 10.7. The zero-order valence-corrected chi connectivity index (χ0v) is 7.91. The lowest BCUT2D eigenvalue weighted by atomic mass is 10.8. The van der Waals surface area contributed by atoms with Gasteiger partial charge in [0.1, 0.15) is 0 Å². The fourth-order valence-electron chi connectivity index (χ4n) is 0.790. The molecule has 0 aliphatic heterocycles. The number of hydrogen-bond acceptors (Lipinski definition) is 1. The van der Waals surface area contributed by atoms with Crippen LogP contribution in [0.1, 0.15) is 6.92 Å². The number of carbonyl (C=O) groups excluding carboxylic acids is 1. The molecule has 0 radical (unpaired) electrons. The van der Waals surface area contributed by atoms with Gasteiger partial charge in [0.15, 0.2) is 0 Å². The Hall–Kier alpha value is -0.730. The minimum Gasteiger partial charge on any atom is -0.325 e. The van der Waals surface area contributed by atoms with Gasteiger partial charge in [-0.05, 0) is 12.1 Å². The van der Waals surface area contributed by atoms with Crippen LogP contribution in [-0.4, -0.2) is 5.91 Å². The Bertz CT molecular complexity index is 312. The van der Waals surface area contributed by atoms with Crippen molar-refractivity contribution < 1.29 is 4.79 Å². The molecule has 0 heterocycles. The molecule has 0 atom stereocenters. The summed E-state index contributed by atoms with van der Waals surface area (Å²) >= 11 is 11.5. The summed E-state index contributed by atoms with van der Waals surface area (Å²) in [5.74, 6) is -0.167. The molecule has 1 aromatic rings. The molecule has 0 bridgehead atoms. The number of carbonyl (C=O) groups is 1. The van der Waals surface area contributed by atoms with Crippen molar-refractivity contribution in [1.82, 2.24) is 0 Å². The van der Waals surface area contributed by atoms with Gasteiger partial charge in [-0.2, -0.15) is 0 Å². The van der Waals surface area contributed by atoms with Gasteiger partial charge in [-0.25, -0.2) is 0 Å². The fraction of sp³-hybridized carbons (Fsp3) is 0.125. The lowest BCUT2D eigenvalue weighted by Crippen LogP contribution is -2.05. The van der Waals surface area contributed by atoms with E-state index < -0.39 is 0 Å². The van der Waals surface area contributed by atoms with Gasteiger partial charge in [0.2, 0.25) is 5.91 Å². The van der Waals surface area contributed by atoms with Gasteiger partial charge in [0.25, 0.3) is 0 Å². The molecule has 4 heteroatoms. The van der Waals surface area contributed by atoms with Crippen molar-refractivity contribution in [1.29, 1.82) is 0 Å². The molecular formula is C8H7Cl2NO. The predicted molar refractivity (Wildman–Crippen MR) is 50.8 cm³/mol. The van der Waals surface area contributed by atoms with Crippen molar-refractivity contribution in [2.75, 3.05) is 5.32 Å². The van der Waals surface area contributed by atoms with Crippen LogP contribution >= 0.6 is 23.2 Å². The standard InChI is InChI=1S/C8H7Cl2NO/c1-5(12)11-7-4-2-3-6(9)8(7)10/h2-4H,1H3,(H,11,12)/i2+2,3+2,4+2,6+2,7+2,8+2. The van der Waals surface area contributed by atoms with E-state index in [2.05, 4.69) is 5.32 Å². The third-order valence-corrected chi connectivity index (χ3v) is 2.08. The van der Waals surface area contributed by atoms with E-state index in [1.54, 1.807) is 18.2 Å². The molecule has 0 saturated carbocycles. The quantitative estimate of drug-likeness (QED) is 0.767. The fourth-order valence-corrected chi connectivity index (χ4v) is 1.14. The predicted octanol–water partition coefficient (Wildman–Crippen LogP) is 2.95. The van der Waals surface area contributed by atoms with Crippen LogP contribution < -0.4 is 5.32 Å². The summed E-state index contributed by atoms with van der Waals surface area (Å²) in [6.45, 7) is 1.41. The van der Waals surface area contributed by atoms with E-state index in [0.717, 1.165) is 0 Å².